The molecule has 0 saturated carbocycles. The molecule has 0 radical (unpaired) electrons. The number of rotatable bonds is 6. The molecule has 1 atom stereocenters. The Bertz CT molecular complexity index is 688. The van der Waals surface area contributed by atoms with Gasteiger partial charge in [-0.1, -0.05) is 6.07 Å². The summed E-state index contributed by atoms with van der Waals surface area (Å²) in [5.74, 6) is -0.299. The number of nitrogens with zero attached hydrogens (tertiary/aromatic N) is 2. The second kappa shape index (κ2) is 7.19. The quantitative estimate of drug-likeness (QED) is 0.855. The third kappa shape index (κ3) is 4.26. The molecular weight excluding hydrogens is 306 g/mol. The van der Waals surface area contributed by atoms with Crippen LogP contribution in [-0.2, 0) is 11.8 Å². The van der Waals surface area contributed by atoms with Crippen LogP contribution in [0.1, 0.15) is 17.2 Å². The van der Waals surface area contributed by atoms with Crippen molar-refractivity contribution >= 4 is 11.6 Å². The van der Waals surface area contributed by atoms with Crippen molar-refractivity contribution in [3.63, 3.8) is 0 Å². The third-order valence-corrected chi connectivity index (χ3v) is 3.28. The smallest absolute Gasteiger partial charge is 0.387 e. The number of ether oxygens (including phenoxy) is 1. The standard InChI is InChI=1S/C15H18F2N4O2/c1-9-4-5-11(6-12(9)23-15(16)17)20-14(22)13(18-2)10-7-19-21(3)8-10/h4-8,13,15,18H,1-3H3,(H,20,22). The fraction of sp³-hybridized carbons (Fsp3) is 0.333. The number of halogens is 2. The molecule has 2 N–H and O–H groups in total. The van der Waals surface area contributed by atoms with E-state index in [0.29, 0.717) is 16.8 Å². The zero-order chi connectivity index (χ0) is 17.0. The lowest BCUT2D eigenvalue weighted by atomic mass is 10.1. The van der Waals surface area contributed by atoms with Gasteiger partial charge in [-0.25, -0.2) is 0 Å². The Morgan fingerprint density at radius 1 is 1.39 bits per heavy atom. The van der Waals surface area contributed by atoms with Crippen molar-refractivity contribution < 1.29 is 18.3 Å². The molecule has 0 aliphatic carbocycles. The van der Waals surface area contributed by atoms with E-state index < -0.39 is 12.7 Å². The monoisotopic (exact) mass is 324 g/mol. The number of amides is 1. The van der Waals surface area contributed by atoms with Gasteiger partial charge >= 0.3 is 6.61 Å². The van der Waals surface area contributed by atoms with Crippen LogP contribution in [0, 0.1) is 6.92 Å². The summed E-state index contributed by atoms with van der Waals surface area (Å²) >= 11 is 0. The highest BCUT2D eigenvalue weighted by Gasteiger charge is 2.20. The van der Waals surface area contributed by atoms with Crippen LogP contribution in [0.5, 0.6) is 5.75 Å². The number of nitrogens with one attached hydrogen (secondary N) is 2. The summed E-state index contributed by atoms with van der Waals surface area (Å²) in [6, 6.07) is 3.99. The zero-order valence-electron chi connectivity index (χ0n) is 13.0. The van der Waals surface area contributed by atoms with E-state index in [1.54, 1.807) is 50.2 Å². The van der Waals surface area contributed by atoms with E-state index in [4.69, 9.17) is 0 Å². The third-order valence-electron chi connectivity index (χ3n) is 3.28. The van der Waals surface area contributed by atoms with Gasteiger partial charge in [-0.2, -0.15) is 13.9 Å². The van der Waals surface area contributed by atoms with E-state index in [0.717, 1.165) is 0 Å². The number of aryl methyl sites for hydroxylation is 2. The first-order valence-electron chi connectivity index (χ1n) is 6.93. The van der Waals surface area contributed by atoms with E-state index in [2.05, 4.69) is 20.5 Å². The molecule has 0 saturated heterocycles. The molecule has 6 nitrogen and oxygen atoms in total. The molecule has 1 aromatic carbocycles. The largest absolute Gasteiger partial charge is 0.434 e. The normalized spacial score (nSPS) is 12.3. The summed E-state index contributed by atoms with van der Waals surface area (Å²) in [6.07, 6.45) is 3.31. The topological polar surface area (TPSA) is 68.2 Å². The lowest BCUT2D eigenvalue weighted by molar-refractivity contribution is -0.118. The van der Waals surface area contributed by atoms with Gasteiger partial charge in [0.2, 0.25) is 5.91 Å². The average molecular weight is 324 g/mol. The molecule has 23 heavy (non-hydrogen) atoms. The summed E-state index contributed by atoms with van der Waals surface area (Å²) in [5.41, 5.74) is 1.63. The van der Waals surface area contributed by atoms with Crippen LogP contribution in [0.4, 0.5) is 14.5 Å². The summed E-state index contributed by atoms with van der Waals surface area (Å²) in [4.78, 5) is 12.4. The maximum atomic E-state index is 12.4. The van der Waals surface area contributed by atoms with Crippen molar-refractivity contribution in [1.82, 2.24) is 15.1 Å². The van der Waals surface area contributed by atoms with Crippen LogP contribution in [0.15, 0.2) is 30.6 Å². The molecule has 0 fully saturated rings. The first kappa shape index (κ1) is 16.9. The number of hydrogen-bond acceptors (Lipinski definition) is 4. The predicted molar refractivity (Wildman–Crippen MR) is 81.4 cm³/mol. The Labute approximate surface area is 132 Å². The second-order valence-electron chi connectivity index (χ2n) is 5.02. The van der Waals surface area contributed by atoms with E-state index in [9.17, 15) is 13.6 Å². The molecule has 0 aliphatic heterocycles. The van der Waals surface area contributed by atoms with Crippen LogP contribution in [-0.4, -0.2) is 29.3 Å². The summed E-state index contributed by atoms with van der Waals surface area (Å²) in [7, 11) is 3.40. The van der Waals surface area contributed by atoms with Gasteiger partial charge in [-0.15, -0.1) is 0 Å². The van der Waals surface area contributed by atoms with Gasteiger partial charge in [0.05, 0.1) is 6.20 Å². The lowest BCUT2D eigenvalue weighted by Crippen LogP contribution is -2.30. The van der Waals surface area contributed by atoms with E-state index in [1.165, 1.54) is 6.07 Å². The van der Waals surface area contributed by atoms with Crippen LogP contribution in [0.2, 0.25) is 0 Å². The summed E-state index contributed by atoms with van der Waals surface area (Å²) in [5, 5.41) is 9.60. The molecule has 1 unspecified atom stereocenters. The highest BCUT2D eigenvalue weighted by molar-refractivity contribution is 5.95. The number of likely N-dealkylation sites (N-methyl/N-ethyl adjacent to an activating group) is 1. The first-order chi connectivity index (χ1) is 10.9. The van der Waals surface area contributed by atoms with Gasteiger partial charge in [0.1, 0.15) is 11.8 Å². The molecule has 8 heteroatoms. The minimum Gasteiger partial charge on any atom is -0.434 e. The first-order valence-corrected chi connectivity index (χ1v) is 6.93. The van der Waals surface area contributed by atoms with Crippen LogP contribution in [0.25, 0.3) is 0 Å². The minimum absolute atomic E-state index is 0.0279. The molecular formula is C15H18F2N4O2. The number of carbonyl (C=O) groups excluding carboxylic acids is 1. The highest BCUT2D eigenvalue weighted by Crippen LogP contribution is 2.25. The van der Waals surface area contributed by atoms with Gasteiger partial charge < -0.3 is 15.4 Å². The van der Waals surface area contributed by atoms with Gasteiger partial charge in [0, 0.05) is 30.6 Å². The fourth-order valence-corrected chi connectivity index (χ4v) is 2.15. The van der Waals surface area contributed by atoms with E-state index >= 15 is 0 Å². The maximum Gasteiger partial charge on any atom is 0.387 e. The van der Waals surface area contributed by atoms with Crippen LogP contribution in [0.3, 0.4) is 0 Å². The molecule has 1 heterocycles. The molecule has 2 aromatic rings. The van der Waals surface area contributed by atoms with Crippen LogP contribution >= 0.6 is 0 Å². The fourth-order valence-electron chi connectivity index (χ4n) is 2.15. The van der Waals surface area contributed by atoms with Crippen molar-refractivity contribution in [2.24, 2.45) is 7.05 Å². The van der Waals surface area contributed by atoms with Crippen molar-refractivity contribution in [2.45, 2.75) is 19.6 Å². The Morgan fingerprint density at radius 2 is 2.13 bits per heavy atom. The van der Waals surface area contributed by atoms with Crippen molar-refractivity contribution in [3.05, 3.63) is 41.7 Å². The van der Waals surface area contributed by atoms with Gasteiger partial charge in [-0.3, -0.25) is 9.48 Å². The molecule has 2 rings (SSSR count). The van der Waals surface area contributed by atoms with Crippen LogP contribution < -0.4 is 15.4 Å². The molecule has 1 aromatic heterocycles. The SMILES string of the molecule is CNC(C(=O)Nc1ccc(C)c(OC(F)F)c1)c1cnn(C)c1. The Morgan fingerprint density at radius 3 is 2.70 bits per heavy atom. The average Bonchev–Trinajstić information content (AvgIpc) is 2.89. The van der Waals surface area contributed by atoms with E-state index in [-0.39, 0.29) is 11.7 Å². The van der Waals surface area contributed by atoms with E-state index in [1.807, 2.05) is 0 Å². The number of anilines is 1. The van der Waals surface area contributed by atoms with Gasteiger partial charge in [0.15, 0.2) is 0 Å². The van der Waals surface area contributed by atoms with Gasteiger partial charge in [-0.05, 0) is 25.6 Å². The Kier molecular flexibility index (Phi) is 5.28. The van der Waals surface area contributed by atoms with Crippen molar-refractivity contribution in [1.29, 1.82) is 0 Å². The Hall–Kier alpha value is -2.48. The summed E-state index contributed by atoms with van der Waals surface area (Å²) in [6.45, 7) is -1.27. The number of benzene rings is 1. The summed E-state index contributed by atoms with van der Waals surface area (Å²) < 4.78 is 30.8. The lowest BCUT2D eigenvalue weighted by Gasteiger charge is -2.16. The number of hydrogen-bond donors (Lipinski definition) is 2. The molecule has 1 amide bonds. The van der Waals surface area contributed by atoms with Crippen molar-refractivity contribution in [3.8, 4) is 5.75 Å². The van der Waals surface area contributed by atoms with Crippen molar-refractivity contribution in [2.75, 3.05) is 12.4 Å². The number of carbonyl (C=O) groups is 1. The molecule has 0 spiro atoms. The maximum absolute atomic E-state index is 12.4. The highest BCUT2D eigenvalue weighted by atomic mass is 19.3. The molecule has 124 valence electrons. The second-order valence-corrected chi connectivity index (χ2v) is 5.02. The predicted octanol–water partition coefficient (Wildman–Crippen LogP) is 2.23. The minimum atomic E-state index is -2.92. The molecule has 0 bridgehead atoms. The zero-order valence-corrected chi connectivity index (χ0v) is 13.0. The number of aromatic nitrogens is 2. The molecule has 0 aliphatic rings. The van der Waals surface area contributed by atoms with Gasteiger partial charge in [0.25, 0.3) is 0 Å². The Balaban J connectivity index is 2.15. The number of alkyl halides is 2.